The monoisotopic (exact) mass is 549 g/mol. The molecule has 4 aromatic rings. The summed E-state index contributed by atoms with van der Waals surface area (Å²) in [6.07, 6.45) is 7.10. The minimum Gasteiger partial charge on any atom is -0.384 e. The lowest BCUT2D eigenvalue weighted by Gasteiger charge is -2.39. The summed E-state index contributed by atoms with van der Waals surface area (Å²) in [5.41, 5.74) is 11.0. The van der Waals surface area contributed by atoms with Crippen LogP contribution in [0.2, 0.25) is 0 Å². The van der Waals surface area contributed by atoms with E-state index in [1.807, 2.05) is 47.0 Å². The summed E-state index contributed by atoms with van der Waals surface area (Å²) in [5.74, 6) is -0.000519. The van der Waals surface area contributed by atoms with Gasteiger partial charge in [0.1, 0.15) is 5.84 Å². The summed E-state index contributed by atoms with van der Waals surface area (Å²) in [6, 6.07) is 27.3. The number of piperidine rings is 1. The number of hydrogen-bond donors (Lipinski definition) is 3. The lowest BCUT2D eigenvalue weighted by atomic mass is 9.97. The van der Waals surface area contributed by atoms with Crippen molar-refractivity contribution in [2.45, 2.75) is 77.5 Å². The summed E-state index contributed by atoms with van der Waals surface area (Å²) in [6.45, 7) is 7.24. The standard InChI is InChI=1S/C35H43N5O/c1-25-11-9-12-26(2)39(25)19-7-4-8-20-40-33-23-31(38-24-27-13-5-3-6-14-27)18-17-29(33)22-32(35(40)41)28-15-10-16-30(21-28)34(36)37/h3,5-6,10,13-18,21-23,25-26,38H,4,7-9,11-12,19-20,24H2,1-2H3,(H3,36,37)/t25-,26+. The fourth-order valence-electron chi connectivity index (χ4n) is 6.22. The zero-order chi connectivity index (χ0) is 28.8. The van der Waals surface area contributed by atoms with Crippen molar-refractivity contribution in [2.24, 2.45) is 5.73 Å². The molecule has 0 unspecified atom stereocenters. The number of nitrogens with zero attached hydrogens (tertiary/aromatic N) is 2. The highest BCUT2D eigenvalue weighted by Gasteiger charge is 2.23. The smallest absolute Gasteiger partial charge is 0.258 e. The number of rotatable bonds is 11. The van der Waals surface area contributed by atoms with Crippen molar-refractivity contribution in [1.82, 2.24) is 9.47 Å². The van der Waals surface area contributed by atoms with E-state index in [1.165, 1.54) is 24.8 Å². The van der Waals surface area contributed by atoms with Gasteiger partial charge in [0.25, 0.3) is 5.56 Å². The quantitative estimate of drug-likeness (QED) is 0.107. The molecular weight excluding hydrogens is 506 g/mol. The van der Waals surface area contributed by atoms with Gasteiger partial charge in [-0.25, -0.2) is 0 Å². The van der Waals surface area contributed by atoms with Crippen LogP contribution in [0.25, 0.3) is 22.0 Å². The van der Waals surface area contributed by atoms with Gasteiger partial charge in [-0.2, -0.15) is 0 Å². The van der Waals surface area contributed by atoms with Crippen LogP contribution < -0.4 is 16.6 Å². The molecule has 214 valence electrons. The van der Waals surface area contributed by atoms with Crippen LogP contribution in [0, 0.1) is 5.41 Å². The van der Waals surface area contributed by atoms with E-state index in [0.717, 1.165) is 54.5 Å². The number of hydrogen-bond acceptors (Lipinski definition) is 4. The molecule has 0 spiro atoms. The Morgan fingerprint density at radius 1 is 0.902 bits per heavy atom. The van der Waals surface area contributed by atoms with Crippen LogP contribution in [0.4, 0.5) is 5.69 Å². The van der Waals surface area contributed by atoms with Gasteiger partial charge in [-0.1, -0.05) is 67.4 Å². The maximum Gasteiger partial charge on any atom is 0.258 e. The van der Waals surface area contributed by atoms with Crippen LogP contribution in [0.1, 0.15) is 63.5 Å². The zero-order valence-electron chi connectivity index (χ0n) is 24.4. The summed E-state index contributed by atoms with van der Waals surface area (Å²) >= 11 is 0. The Balaban J connectivity index is 1.40. The van der Waals surface area contributed by atoms with Gasteiger partial charge >= 0.3 is 0 Å². The summed E-state index contributed by atoms with van der Waals surface area (Å²) < 4.78 is 1.95. The van der Waals surface area contributed by atoms with Crippen molar-refractivity contribution in [3.05, 3.63) is 100 Å². The summed E-state index contributed by atoms with van der Waals surface area (Å²) in [7, 11) is 0. The van der Waals surface area contributed by atoms with Gasteiger partial charge < -0.3 is 15.6 Å². The summed E-state index contributed by atoms with van der Waals surface area (Å²) in [5, 5.41) is 12.4. The molecule has 2 atom stereocenters. The number of fused-ring (bicyclic) bond motifs is 1. The molecule has 41 heavy (non-hydrogen) atoms. The molecule has 0 bridgehead atoms. The topological polar surface area (TPSA) is 87.1 Å². The third-order valence-electron chi connectivity index (χ3n) is 8.59. The molecule has 1 aromatic heterocycles. The zero-order valence-corrected chi connectivity index (χ0v) is 24.4. The fraction of sp³-hybridized carbons (Fsp3) is 0.371. The van der Waals surface area contributed by atoms with E-state index in [9.17, 15) is 4.79 Å². The van der Waals surface area contributed by atoms with Crippen LogP contribution in [0.15, 0.2) is 83.7 Å². The number of likely N-dealkylation sites (tertiary alicyclic amines) is 1. The molecule has 3 aromatic carbocycles. The van der Waals surface area contributed by atoms with E-state index < -0.39 is 0 Å². The lowest BCUT2D eigenvalue weighted by molar-refractivity contribution is 0.101. The van der Waals surface area contributed by atoms with Crippen LogP contribution in [0.5, 0.6) is 0 Å². The first-order chi connectivity index (χ1) is 19.9. The van der Waals surface area contributed by atoms with E-state index in [1.54, 1.807) is 6.07 Å². The second kappa shape index (κ2) is 13.2. The van der Waals surface area contributed by atoms with Gasteiger partial charge in [-0.3, -0.25) is 15.1 Å². The number of benzene rings is 3. The molecule has 5 rings (SSSR count). The molecule has 0 saturated carbocycles. The minimum atomic E-state index is -0.00307. The highest BCUT2D eigenvalue weighted by Crippen LogP contribution is 2.26. The number of nitrogens with two attached hydrogens (primary N) is 1. The molecule has 1 fully saturated rings. The van der Waals surface area contributed by atoms with E-state index in [2.05, 4.69) is 54.4 Å². The van der Waals surface area contributed by atoms with Crippen LogP contribution >= 0.6 is 0 Å². The Morgan fingerprint density at radius 3 is 2.41 bits per heavy atom. The van der Waals surface area contributed by atoms with E-state index in [4.69, 9.17) is 11.1 Å². The first-order valence-corrected chi connectivity index (χ1v) is 15.1. The number of aromatic nitrogens is 1. The Labute approximate surface area is 243 Å². The fourth-order valence-corrected chi connectivity index (χ4v) is 6.22. The van der Waals surface area contributed by atoms with Crippen molar-refractivity contribution >= 4 is 22.4 Å². The van der Waals surface area contributed by atoms with E-state index in [0.29, 0.717) is 29.8 Å². The predicted octanol–water partition coefficient (Wildman–Crippen LogP) is 7.00. The van der Waals surface area contributed by atoms with Crippen LogP contribution in [-0.2, 0) is 13.1 Å². The Morgan fingerprint density at radius 2 is 1.66 bits per heavy atom. The average Bonchev–Trinajstić information content (AvgIpc) is 2.98. The first kappa shape index (κ1) is 28.6. The molecule has 4 N–H and O–H groups in total. The van der Waals surface area contributed by atoms with Crippen molar-refractivity contribution in [3.63, 3.8) is 0 Å². The average molecular weight is 550 g/mol. The van der Waals surface area contributed by atoms with Crippen LogP contribution in [-0.4, -0.2) is 33.9 Å². The number of amidine groups is 1. The number of unbranched alkanes of at least 4 members (excludes halogenated alkanes) is 2. The van der Waals surface area contributed by atoms with Gasteiger partial charge in [0.15, 0.2) is 0 Å². The van der Waals surface area contributed by atoms with Crippen molar-refractivity contribution < 1.29 is 0 Å². The number of nitrogens with one attached hydrogen (secondary N) is 2. The highest BCUT2D eigenvalue weighted by atomic mass is 16.1. The first-order valence-electron chi connectivity index (χ1n) is 15.1. The second-order valence-corrected chi connectivity index (χ2v) is 11.5. The molecule has 0 aliphatic carbocycles. The lowest BCUT2D eigenvalue weighted by Crippen LogP contribution is -2.44. The maximum absolute atomic E-state index is 14.0. The van der Waals surface area contributed by atoms with Crippen molar-refractivity contribution in [1.29, 1.82) is 5.41 Å². The van der Waals surface area contributed by atoms with Crippen LogP contribution in [0.3, 0.4) is 0 Å². The number of aryl methyl sites for hydroxylation is 1. The minimum absolute atomic E-state index is 0.000519. The molecule has 6 nitrogen and oxygen atoms in total. The largest absolute Gasteiger partial charge is 0.384 e. The van der Waals surface area contributed by atoms with Gasteiger partial charge in [0, 0.05) is 42.0 Å². The SMILES string of the molecule is C[C@@H]1CCC[C@H](C)N1CCCCCn1c(=O)c(-c2cccc(C(=N)N)c2)cc2ccc(NCc3ccccc3)cc21. The summed E-state index contributed by atoms with van der Waals surface area (Å²) in [4.78, 5) is 16.7. The highest BCUT2D eigenvalue weighted by molar-refractivity contribution is 5.96. The Hall–Kier alpha value is -3.90. The molecule has 1 saturated heterocycles. The van der Waals surface area contributed by atoms with Gasteiger partial charge in [-0.15, -0.1) is 0 Å². The molecule has 6 heteroatoms. The number of anilines is 1. The third kappa shape index (κ3) is 6.88. The molecular formula is C35H43N5O. The molecule has 1 aliphatic heterocycles. The molecule has 2 heterocycles. The number of nitrogen functional groups attached to an aromatic ring is 1. The van der Waals surface area contributed by atoms with Crippen molar-refractivity contribution in [3.8, 4) is 11.1 Å². The molecule has 0 amide bonds. The molecule has 1 aliphatic rings. The second-order valence-electron chi connectivity index (χ2n) is 11.5. The van der Waals surface area contributed by atoms with Gasteiger partial charge in [-0.05, 0) is 86.9 Å². The molecule has 0 radical (unpaired) electrons. The van der Waals surface area contributed by atoms with E-state index in [-0.39, 0.29) is 11.4 Å². The number of pyridine rings is 1. The van der Waals surface area contributed by atoms with Crippen molar-refractivity contribution in [2.75, 3.05) is 11.9 Å². The third-order valence-corrected chi connectivity index (χ3v) is 8.59. The van der Waals surface area contributed by atoms with E-state index >= 15 is 0 Å². The Bertz CT molecular complexity index is 1530. The predicted molar refractivity (Wildman–Crippen MR) is 172 cm³/mol. The Kier molecular flexibility index (Phi) is 9.20. The maximum atomic E-state index is 14.0. The van der Waals surface area contributed by atoms with Gasteiger partial charge in [0.2, 0.25) is 0 Å². The van der Waals surface area contributed by atoms with Gasteiger partial charge in [0.05, 0.1) is 5.52 Å². The normalized spacial score (nSPS) is 17.5.